The van der Waals surface area contributed by atoms with Gasteiger partial charge in [-0.2, -0.15) is 26.3 Å². The second-order valence-corrected chi connectivity index (χ2v) is 7.57. The molecule has 0 saturated carbocycles. The molecule has 3 aromatic rings. The molecular formula is C25H19F6NO5. The van der Waals surface area contributed by atoms with E-state index in [2.05, 4.69) is 9.99 Å². The largest absolute Gasteiger partial charge is 0.489 e. The maximum absolute atomic E-state index is 12.7. The van der Waals surface area contributed by atoms with E-state index in [1.807, 2.05) is 0 Å². The van der Waals surface area contributed by atoms with Crippen molar-refractivity contribution in [3.05, 3.63) is 94.5 Å². The van der Waals surface area contributed by atoms with Crippen LogP contribution in [-0.4, -0.2) is 23.9 Å². The van der Waals surface area contributed by atoms with Crippen LogP contribution in [0.2, 0.25) is 0 Å². The van der Waals surface area contributed by atoms with Crippen LogP contribution < -0.4 is 9.47 Å². The molecule has 0 aromatic heterocycles. The average Bonchev–Trinajstić information content (AvgIpc) is 2.84. The Bertz CT molecular complexity index is 1220. The van der Waals surface area contributed by atoms with Crippen molar-refractivity contribution >= 4 is 12.2 Å². The van der Waals surface area contributed by atoms with Crippen LogP contribution in [0.4, 0.5) is 26.3 Å². The normalized spacial score (nSPS) is 11.9. The summed E-state index contributed by atoms with van der Waals surface area (Å²) in [5.41, 5.74) is -0.349. The third kappa shape index (κ3) is 8.44. The van der Waals surface area contributed by atoms with Crippen molar-refractivity contribution in [3.8, 4) is 11.5 Å². The second kappa shape index (κ2) is 11.7. The van der Waals surface area contributed by atoms with Gasteiger partial charge >= 0.3 is 18.3 Å². The number of alkyl halides is 6. The number of aliphatic carboxylic acids is 1. The molecule has 196 valence electrons. The predicted molar refractivity (Wildman–Crippen MR) is 119 cm³/mol. The third-order valence-electron chi connectivity index (χ3n) is 4.80. The zero-order valence-corrected chi connectivity index (χ0v) is 18.8. The van der Waals surface area contributed by atoms with Gasteiger partial charge in [0.15, 0.2) is 0 Å². The molecule has 0 aliphatic carbocycles. The molecule has 0 bridgehead atoms. The van der Waals surface area contributed by atoms with Crippen molar-refractivity contribution < 1.29 is 50.6 Å². The van der Waals surface area contributed by atoms with Gasteiger partial charge in [-0.25, -0.2) is 4.79 Å². The van der Waals surface area contributed by atoms with E-state index in [0.29, 0.717) is 22.4 Å². The highest BCUT2D eigenvalue weighted by Gasteiger charge is 2.30. The van der Waals surface area contributed by atoms with Crippen molar-refractivity contribution in [2.24, 2.45) is 5.16 Å². The third-order valence-corrected chi connectivity index (χ3v) is 4.80. The number of rotatable bonds is 10. The molecule has 0 spiro atoms. The molecule has 0 fully saturated rings. The minimum atomic E-state index is -4.46. The Morgan fingerprint density at radius 2 is 1.30 bits per heavy atom. The molecule has 0 aliphatic rings. The summed E-state index contributed by atoms with van der Waals surface area (Å²) < 4.78 is 87.7. The highest BCUT2D eigenvalue weighted by atomic mass is 19.4. The van der Waals surface area contributed by atoms with Crippen molar-refractivity contribution in [1.82, 2.24) is 0 Å². The molecule has 0 atom stereocenters. The van der Waals surface area contributed by atoms with E-state index >= 15 is 0 Å². The van der Waals surface area contributed by atoms with Gasteiger partial charge in [0.25, 0.3) is 0 Å². The maximum Gasteiger partial charge on any atom is 0.416 e. The van der Waals surface area contributed by atoms with Crippen LogP contribution in [0.3, 0.4) is 0 Å². The summed E-state index contributed by atoms with van der Waals surface area (Å²) in [6, 6.07) is 13.3. The number of nitrogens with zero attached hydrogens (tertiary/aromatic N) is 1. The number of hydrogen-bond acceptors (Lipinski definition) is 5. The van der Waals surface area contributed by atoms with Crippen molar-refractivity contribution in [1.29, 1.82) is 0 Å². The standard InChI is InChI=1S/C25H19F6NO5/c26-24(27,28)19-5-1-16(2-6-19)13-35-21-9-10-22(18(11-21)12-32-37-15-23(33)34)36-14-17-3-7-20(8-4-17)25(29,30)31/h1-12H,13-15H2,(H,33,34). The van der Waals surface area contributed by atoms with Gasteiger partial charge in [-0.05, 0) is 53.6 Å². The highest BCUT2D eigenvalue weighted by Crippen LogP contribution is 2.31. The Morgan fingerprint density at radius 3 is 1.78 bits per heavy atom. The smallest absolute Gasteiger partial charge is 0.416 e. The lowest BCUT2D eigenvalue weighted by atomic mass is 10.1. The summed E-state index contributed by atoms with van der Waals surface area (Å²) in [6.07, 6.45) is -7.75. The molecule has 0 unspecified atom stereocenters. The topological polar surface area (TPSA) is 77.4 Å². The van der Waals surface area contributed by atoms with Crippen molar-refractivity contribution in [2.75, 3.05) is 6.61 Å². The van der Waals surface area contributed by atoms with E-state index in [1.54, 1.807) is 0 Å². The first-order valence-corrected chi connectivity index (χ1v) is 10.5. The predicted octanol–water partition coefficient (Wildman–Crippen LogP) is 6.32. The summed E-state index contributed by atoms with van der Waals surface area (Å²) in [4.78, 5) is 15.2. The molecular weight excluding hydrogens is 508 g/mol. The lowest BCUT2D eigenvalue weighted by Gasteiger charge is -2.13. The van der Waals surface area contributed by atoms with E-state index in [-0.39, 0.29) is 19.0 Å². The van der Waals surface area contributed by atoms with Gasteiger partial charge < -0.3 is 19.4 Å². The van der Waals surface area contributed by atoms with E-state index in [4.69, 9.17) is 14.6 Å². The van der Waals surface area contributed by atoms with Crippen molar-refractivity contribution in [3.63, 3.8) is 0 Å². The molecule has 37 heavy (non-hydrogen) atoms. The minimum absolute atomic E-state index is 0.0456. The number of benzene rings is 3. The first-order chi connectivity index (χ1) is 17.4. The zero-order valence-electron chi connectivity index (χ0n) is 18.8. The van der Waals surface area contributed by atoms with Crippen LogP contribution >= 0.6 is 0 Å². The first kappa shape index (κ1) is 27.4. The van der Waals surface area contributed by atoms with Gasteiger partial charge in [0.2, 0.25) is 6.61 Å². The summed E-state index contributed by atoms with van der Waals surface area (Å²) in [5.74, 6) is -0.713. The summed E-state index contributed by atoms with van der Waals surface area (Å²) in [6.45, 7) is -0.820. The molecule has 0 radical (unpaired) electrons. The number of hydrogen-bond donors (Lipinski definition) is 1. The average molecular weight is 527 g/mol. The molecule has 3 aromatic carbocycles. The minimum Gasteiger partial charge on any atom is -0.489 e. The van der Waals surface area contributed by atoms with Crippen LogP contribution in [0, 0.1) is 0 Å². The van der Waals surface area contributed by atoms with E-state index in [0.717, 1.165) is 30.5 Å². The van der Waals surface area contributed by atoms with Gasteiger partial charge in [-0.15, -0.1) is 0 Å². The van der Waals surface area contributed by atoms with Gasteiger partial charge in [-0.1, -0.05) is 29.4 Å². The van der Waals surface area contributed by atoms with Gasteiger partial charge in [0.05, 0.1) is 17.3 Å². The number of carboxylic acid groups (broad SMARTS) is 1. The molecule has 0 heterocycles. The quantitative estimate of drug-likeness (QED) is 0.190. The fraction of sp³-hybridized carbons (Fsp3) is 0.200. The fourth-order valence-electron chi connectivity index (χ4n) is 2.94. The van der Waals surface area contributed by atoms with Crippen LogP contribution in [-0.2, 0) is 35.2 Å². The van der Waals surface area contributed by atoms with Gasteiger partial charge in [0, 0.05) is 5.56 Å². The summed E-state index contributed by atoms with van der Waals surface area (Å²) in [7, 11) is 0. The Kier molecular flexibility index (Phi) is 8.64. The Balaban J connectivity index is 1.71. The summed E-state index contributed by atoms with van der Waals surface area (Å²) in [5, 5.41) is 12.2. The number of halogens is 6. The van der Waals surface area contributed by atoms with E-state index in [9.17, 15) is 31.1 Å². The molecule has 6 nitrogen and oxygen atoms in total. The van der Waals surface area contributed by atoms with Crippen LogP contribution in [0.25, 0.3) is 0 Å². The maximum atomic E-state index is 12.7. The first-order valence-electron chi connectivity index (χ1n) is 10.5. The lowest BCUT2D eigenvalue weighted by molar-refractivity contribution is -0.142. The van der Waals surface area contributed by atoms with Crippen LogP contribution in [0.1, 0.15) is 27.8 Å². The SMILES string of the molecule is O=C(O)CON=Cc1cc(OCc2ccc(C(F)(F)F)cc2)ccc1OCc1ccc(C(F)(F)F)cc1. The number of oxime groups is 1. The van der Waals surface area contributed by atoms with Gasteiger partial charge in [-0.3, -0.25) is 0 Å². The summed E-state index contributed by atoms with van der Waals surface area (Å²) >= 11 is 0. The van der Waals surface area contributed by atoms with E-state index in [1.165, 1.54) is 42.5 Å². The molecule has 12 heteroatoms. The Hall–Kier alpha value is -4.22. The number of ether oxygens (including phenoxy) is 2. The van der Waals surface area contributed by atoms with Crippen LogP contribution in [0.15, 0.2) is 71.9 Å². The zero-order chi connectivity index (χ0) is 27.1. The molecule has 0 saturated heterocycles. The molecule has 0 aliphatic heterocycles. The number of carbonyl (C=O) groups is 1. The molecule has 3 rings (SSSR count). The second-order valence-electron chi connectivity index (χ2n) is 7.57. The highest BCUT2D eigenvalue weighted by molar-refractivity contribution is 5.84. The number of carboxylic acids is 1. The lowest BCUT2D eigenvalue weighted by Crippen LogP contribution is -2.06. The monoisotopic (exact) mass is 527 g/mol. The van der Waals surface area contributed by atoms with Gasteiger partial charge in [0.1, 0.15) is 24.7 Å². The van der Waals surface area contributed by atoms with E-state index < -0.39 is 36.1 Å². The molecule has 1 N–H and O–H groups in total. The van der Waals surface area contributed by atoms with Crippen LogP contribution in [0.5, 0.6) is 11.5 Å². The van der Waals surface area contributed by atoms with Crippen molar-refractivity contribution in [2.45, 2.75) is 25.6 Å². The molecule has 0 amide bonds. The Morgan fingerprint density at radius 1 is 0.784 bits per heavy atom. The fourth-order valence-corrected chi connectivity index (χ4v) is 2.94. The Labute approximate surface area is 206 Å².